The summed E-state index contributed by atoms with van der Waals surface area (Å²) in [5, 5.41) is 5.19. The molecule has 0 saturated carbocycles. The third-order valence-electron chi connectivity index (χ3n) is 3.27. The van der Waals surface area contributed by atoms with E-state index < -0.39 is 11.9 Å². The SMILES string of the molecule is CC(C)Cc1ccc(NC(=O)NC(=O)c2c(Cl)cccc2Cl)cc1. The zero-order valence-electron chi connectivity index (χ0n) is 13.4. The van der Waals surface area contributed by atoms with Crippen LogP contribution in [0.4, 0.5) is 10.5 Å². The van der Waals surface area contributed by atoms with Gasteiger partial charge in [-0.1, -0.05) is 55.2 Å². The zero-order chi connectivity index (χ0) is 17.7. The predicted octanol–water partition coefficient (Wildman–Crippen LogP) is 5.15. The van der Waals surface area contributed by atoms with Crippen LogP contribution in [-0.2, 0) is 6.42 Å². The molecule has 6 heteroatoms. The number of amides is 3. The molecule has 0 saturated heterocycles. The van der Waals surface area contributed by atoms with Crippen LogP contribution < -0.4 is 10.6 Å². The molecule has 0 heterocycles. The quantitative estimate of drug-likeness (QED) is 0.787. The highest BCUT2D eigenvalue weighted by Gasteiger charge is 2.17. The lowest BCUT2D eigenvalue weighted by Crippen LogP contribution is -2.34. The Balaban J connectivity index is 1.99. The highest BCUT2D eigenvalue weighted by Crippen LogP contribution is 2.24. The van der Waals surface area contributed by atoms with Crippen molar-refractivity contribution in [1.29, 1.82) is 0 Å². The van der Waals surface area contributed by atoms with E-state index in [-0.39, 0.29) is 15.6 Å². The summed E-state index contributed by atoms with van der Waals surface area (Å²) in [4.78, 5) is 24.1. The maximum atomic E-state index is 12.1. The number of carbonyl (C=O) groups is 2. The predicted molar refractivity (Wildman–Crippen MR) is 97.9 cm³/mol. The summed E-state index contributed by atoms with van der Waals surface area (Å²) in [5.41, 5.74) is 1.86. The standard InChI is InChI=1S/C18H18Cl2N2O2/c1-11(2)10-12-6-8-13(9-7-12)21-18(24)22-17(23)16-14(19)4-3-5-15(16)20/h3-9,11H,10H2,1-2H3,(H2,21,22,23,24). The minimum Gasteiger partial charge on any atom is -0.308 e. The van der Waals surface area contributed by atoms with Crippen LogP contribution in [0.15, 0.2) is 42.5 Å². The molecule has 3 amide bonds. The van der Waals surface area contributed by atoms with Crippen LogP contribution in [-0.4, -0.2) is 11.9 Å². The summed E-state index contributed by atoms with van der Waals surface area (Å²) < 4.78 is 0. The van der Waals surface area contributed by atoms with Gasteiger partial charge in [-0.05, 0) is 42.2 Å². The third-order valence-corrected chi connectivity index (χ3v) is 3.90. The summed E-state index contributed by atoms with van der Waals surface area (Å²) in [7, 11) is 0. The Labute approximate surface area is 151 Å². The number of carbonyl (C=O) groups excluding carboxylic acids is 2. The first-order chi connectivity index (χ1) is 11.4. The lowest BCUT2D eigenvalue weighted by molar-refractivity contribution is 0.0967. The Morgan fingerprint density at radius 1 is 1.00 bits per heavy atom. The molecule has 126 valence electrons. The fourth-order valence-corrected chi connectivity index (χ4v) is 2.81. The van der Waals surface area contributed by atoms with Crippen LogP contribution in [0.3, 0.4) is 0 Å². The second-order valence-electron chi connectivity index (χ2n) is 5.80. The molecule has 0 atom stereocenters. The van der Waals surface area contributed by atoms with Crippen molar-refractivity contribution in [2.45, 2.75) is 20.3 Å². The molecule has 0 unspecified atom stereocenters. The van der Waals surface area contributed by atoms with Gasteiger partial charge in [-0.15, -0.1) is 0 Å². The minimum absolute atomic E-state index is 0.0725. The van der Waals surface area contributed by atoms with E-state index in [9.17, 15) is 9.59 Å². The summed E-state index contributed by atoms with van der Waals surface area (Å²) in [6.45, 7) is 4.29. The van der Waals surface area contributed by atoms with E-state index in [0.717, 1.165) is 6.42 Å². The van der Waals surface area contributed by atoms with E-state index in [4.69, 9.17) is 23.2 Å². The van der Waals surface area contributed by atoms with E-state index in [2.05, 4.69) is 24.5 Å². The van der Waals surface area contributed by atoms with Gasteiger partial charge < -0.3 is 5.32 Å². The van der Waals surface area contributed by atoms with Crippen LogP contribution in [0.2, 0.25) is 10.0 Å². The number of nitrogens with one attached hydrogen (secondary N) is 2. The Morgan fingerprint density at radius 2 is 1.58 bits per heavy atom. The number of halogens is 2. The van der Waals surface area contributed by atoms with Gasteiger partial charge in [0.15, 0.2) is 0 Å². The highest BCUT2D eigenvalue weighted by molar-refractivity contribution is 6.40. The lowest BCUT2D eigenvalue weighted by Gasteiger charge is -2.10. The molecule has 0 aliphatic carbocycles. The first kappa shape index (κ1) is 18.3. The van der Waals surface area contributed by atoms with Crippen molar-refractivity contribution >= 4 is 40.8 Å². The number of imide groups is 1. The fourth-order valence-electron chi connectivity index (χ4n) is 2.24. The van der Waals surface area contributed by atoms with E-state index in [0.29, 0.717) is 11.6 Å². The van der Waals surface area contributed by atoms with Crippen molar-refractivity contribution in [2.75, 3.05) is 5.32 Å². The Kier molecular flexibility index (Phi) is 6.23. The van der Waals surface area contributed by atoms with Crippen molar-refractivity contribution < 1.29 is 9.59 Å². The van der Waals surface area contributed by atoms with Gasteiger partial charge in [-0.2, -0.15) is 0 Å². The highest BCUT2D eigenvalue weighted by atomic mass is 35.5. The van der Waals surface area contributed by atoms with Gasteiger partial charge in [0.05, 0.1) is 15.6 Å². The van der Waals surface area contributed by atoms with Crippen molar-refractivity contribution in [1.82, 2.24) is 5.32 Å². The van der Waals surface area contributed by atoms with Crippen LogP contribution in [0.25, 0.3) is 0 Å². The second-order valence-corrected chi connectivity index (χ2v) is 6.61. The molecule has 0 bridgehead atoms. The largest absolute Gasteiger partial charge is 0.326 e. The van der Waals surface area contributed by atoms with Gasteiger partial charge in [0, 0.05) is 5.69 Å². The molecule has 0 aromatic heterocycles. The molecule has 0 spiro atoms. The minimum atomic E-state index is -0.653. The first-order valence-electron chi connectivity index (χ1n) is 7.52. The number of hydrogen-bond acceptors (Lipinski definition) is 2. The van der Waals surface area contributed by atoms with Crippen LogP contribution in [0.5, 0.6) is 0 Å². The lowest BCUT2D eigenvalue weighted by atomic mass is 10.0. The molecular formula is C18H18Cl2N2O2. The maximum Gasteiger partial charge on any atom is 0.326 e. The van der Waals surface area contributed by atoms with Crippen molar-refractivity contribution in [2.24, 2.45) is 5.92 Å². The molecule has 24 heavy (non-hydrogen) atoms. The van der Waals surface area contributed by atoms with Gasteiger partial charge in [0.2, 0.25) is 0 Å². The van der Waals surface area contributed by atoms with E-state index in [1.165, 1.54) is 17.7 Å². The van der Waals surface area contributed by atoms with E-state index in [1.54, 1.807) is 18.2 Å². The fraction of sp³-hybridized carbons (Fsp3) is 0.222. The normalized spacial score (nSPS) is 10.5. The summed E-state index contributed by atoms with van der Waals surface area (Å²) in [6.07, 6.45) is 0.968. The number of rotatable bonds is 4. The molecule has 2 aromatic rings. The van der Waals surface area contributed by atoms with Gasteiger partial charge in [0.25, 0.3) is 5.91 Å². The molecule has 0 fully saturated rings. The maximum absolute atomic E-state index is 12.1. The molecule has 0 aliphatic heterocycles. The average Bonchev–Trinajstić information content (AvgIpc) is 2.48. The number of hydrogen-bond donors (Lipinski definition) is 2. The smallest absolute Gasteiger partial charge is 0.308 e. The molecule has 2 rings (SSSR count). The zero-order valence-corrected chi connectivity index (χ0v) is 14.9. The van der Waals surface area contributed by atoms with Crippen molar-refractivity contribution in [3.05, 3.63) is 63.6 Å². The van der Waals surface area contributed by atoms with Crippen LogP contribution in [0, 0.1) is 5.92 Å². The number of urea groups is 1. The summed E-state index contributed by atoms with van der Waals surface area (Å²) >= 11 is 11.9. The van der Waals surface area contributed by atoms with Gasteiger partial charge >= 0.3 is 6.03 Å². The van der Waals surface area contributed by atoms with Crippen LogP contribution >= 0.6 is 23.2 Å². The molecule has 2 aromatic carbocycles. The van der Waals surface area contributed by atoms with Crippen molar-refractivity contribution in [3.8, 4) is 0 Å². The van der Waals surface area contributed by atoms with Gasteiger partial charge in [-0.25, -0.2) is 4.79 Å². The molecule has 2 N–H and O–H groups in total. The molecule has 0 radical (unpaired) electrons. The third kappa shape index (κ3) is 4.98. The van der Waals surface area contributed by atoms with Crippen LogP contribution in [0.1, 0.15) is 29.8 Å². The monoisotopic (exact) mass is 364 g/mol. The summed E-state index contributed by atoms with van der Waals surface area (Å²) in [6, 6.07) is 11.5. The molecule has 0 aliphatic rings. The molecular weight excluding hydrogens is 347 g/mol. The topological polar surface area (TPSA) is 58.2 Å². The van der Waals surface area contributed by atoms with Crippen molar-refractivity contribution in [3.63, 3.8) is 0 Å². The summed E-state index contributed by atoms with van der Waals surface area (Å²) in [5.74, 6) is -0.0929. The number of benzene rings is 2. The first-order valence-corrected chi connectivity index (χ1v) is 8.27. The average molecular weight is 365 g/mol. The van der Waals surface area contributed by atoms with Gasteiger partial charge in [0.1, 0.15) is 0 Å². The Morgan fingerprint density at radius 3 is 2.12 bits per heavy atom. The second kappa shape index (κ2) is 8.18. The van der Waals surface area contributed by atoms with E-state index >= 15 is 0 Å². The Hall–Kier alpha value is -2.04. The van der Waals surface area contributed by atoms with Gasteiger partial charge in [-0.3, -0.25) is 10.1 Å². The molecule has 4 nitrogen and oxygen atoms in total. The Bertz CT molecular complexity index is 723. The van der Waals surface area contributed by atoms with E-state index in [1.807, 2.05) is 12.1 Å². The number of anilines is 1.